The van der Waals surface area contributed by atoms with Crippen molar-refractivity contribution in [3.63, 3.8) is 0 Å². The molecule has 0 aliphatic carbocycles. The van der Waals surface area contributed by atoms with Gasteiger partial charge in [0.05, 0.1) is 12.5 Å². The smallest absolute Gasteiger partial charge is 0.306 e. The lowest BCUT2D eigenvalue weighted by Gasteiger charge is -2.15. The van der Waals surface area contributed by atoms with E-state index >= 15 is 0 Å². The van der Waals surface area contributed by atoms with Crippen molar-refractivity contribution < 1.29 is 25.2 Å². The van der Waals surface area contributed by atoms with E-state index < -0.39 is 20.2 Å². The maximum atomic E-state index is 11.7. The third-order valence-electron chi connectivity index (χ3n) is 3.30. The summed E-state index contributed by atoms with van der Waals surface area (Å²) >= 11 is 0. The molecule has 0 atom stereocenters. The van der Waals surface area contributed by atoms with Crippen molar-refractivity contribution in [1.82, 2.24) is 0 Å². The Morgan fingerprint density at radius 1 is 0.583 bits per heavy atom. The topological polar surface area (TPSA) is 86.7 Å². The minimum atomic E-state index is -3.77. The number of hydrogen-bond donors (Lipinski definition) is 0. The van der Waals surface area contributed by atoms with Gasteiger partial charge in [0.25, 0.3) is 0 Å². The number of fused-ring (bicyclic) bond motifs is 2. The van der Waals surface area contributed by atoms with Gasteiger partial charge in [-0.15, -0.1) is 0 Å². The average molecular weight is 366 g/mol. The Balaban J connectivity index is 2.50. The summed E-state index contributed by atoms with van der Waals surface area (Å²) in [6.45, 7) is 0. The quantitative estimate of drug-likeness (QED) is 0.521. The summed E-state index contributed by atoms with van der Waals surface area (Å²) in [5, 5.41) is 1.78. The van der Waals surface area contributed by atoms with E-state index in [1.165, 1.54) is 0 Å². The lowest BCUT2D eigenvalue weighted by Crippen LogP contribution is -2.09. The Bertz CT molecular complexity index is 999. The number of hydrogen-bond acceptors (Lipinski definition) is 6. The zero-order chi connectivity index (χ0) is 17.5. The molecule has 0 spiro atoms. The first-order valence-electron chi connectivity index (χ1n) is 6.88. The molecule has 3 aromatic carbocycles. The maximum absolute atomic E-state index is 11.7. The van der Waals surface area contributed by atoms with Crippen molar-refractivity contribution in [3.8, 4) is 11.5 Å². The van der Waals surface area contributed by atoms with Crippen LogP contribution in [0.4, 0.5) is 0 Å². The monoisotopic (exact) mass is 366 g/mol. The van der Waals surface area contributed by atoms with E-state index in [1.807, 2.05) is 0 Å². The van der Waals surface area contributed by atoms with Gasteiger partial charge in [-0.25, -0.2) is 0 Å². The van der Waals surface area contributed by atoms with Gasteiger partial charge in [-0.3, -0.25) is 0 Å². The molecule has 0 amide bonds. The summed E-state index contributed by atoms with van der Waals surface area (Å²) in [7, 11) is -7.53. The first-order valence-corrected chi connectivity index (χ1v) is 10.5. The fraction of sp³-hybridized carbons (Fsp3) is 0.125. The van der Waals surface area contributed by atoms with Crippen molar-refractivity contribution >= 4 is 41.8 Å². The van der Waals surface area contributed by atoms with Crippen LogP contribution < -0.4 is 8.37 Å². The van der Waals surface area contributed by atoms with Gasteiger partial charge in [0.2, 0.25) is 0 Å². The van der Waals surface area contributed by atoms with Gasteiger partial charge in [0.15, 0.2) is 11.5 Å². The first kappa shape index (κ1) is 16.5. The van der Waals surface area contributed by atoms with Gasteiger partial charge in [-0.2, -0.15) is 16.8 Å². The van der Waals surface area contributed by atoms with E-state index in [-0.39, 0.29) is 11.5 Å². The van der Waals surface area contributed by atoms with Crippen molar-refractivity contribution in [2.24, 2.45) is 0 Å². The molecule has 8 heteroatoms. The fourth-order valence-electron chi connectivity index (χ4n) is 2.53. The average Bonchev–Trinajstić information content (AvgIpc) is 2.48. The minimum absolute atomic E-state index is 0.143. The van der Waals surface area contributed by atoms with E-state index in [1.54, 1.807) is 48.5 Å². The van der Waals surface area contributed by atoms with Gasteiger partial charge in [-0.1, -0.05) is 48.5 Å². The lowest BCUT2D eigenvalue weighted by molar-refractivity contribution is 0.492. The summed E-state index contributed by atoms with van der Waals surface area (Å²) in [6.07, 6.45) is 1.91. The Kier molecular flexibility index (Phi) is 3.89. The molecular formula is C16H14O6S2. The number of rotatable bonds is 4. The van der Waals surface area contributed by atoms with Gasteiger partial charge >= 0.3 is 20.2 Å². The second kappa shape index (κ2) is 5.64. The van der Waals surface area contributed by atoms with Gasteiger partial charge in [0, 0.05) is 21.5 Å². The molecule has 0 aliphatic heterocycles. The molecule has 0 unspecified atom stereocenters. The Hall–Kier alpha value is -2.32. The molecule has 0 aromatic heterocycles. The Labute approximate surface area is 139 Å². The van der Waals surface area contributed by atoms with Crippen LogP contribution >= 0.6 is 0 Å². The highest BCUT2D eigenvalue weighted by atomic mass is 32.2. The molecule has 3 aromatic rings. The summed E-state index contributed by atoms with van der Waals surface area (Å²) in [4.78, 5) is 0. The van der Waals surface area contributed by atoms with Crippen LogP contribution in [0.3, 0.4) is 0 Å². The second-order valence-electron chi connectivity index (χ2n) is 5.32. The van der Waals surface area contributed by atoms with Crippen LogP contribution in [0, 0.1) is 0 Å². The van der Waals surface area contributed by atoms with Gasteiger partial charge in [0.1, 0.15) is 0 Å². The molecule has 126 valence electrons. The van der Waals surface area contributed by atoms with E-state index in [0.29, 0.717) is 21.5 Å². The molecule has 0 heterocycles. The zero-order valence-corrected chi connectivity index (χ0v) is 14.5. The van der Waals surface area contributed by atoms with Crippen molar-refractivity contribution in [2.45, 2.75) is 0 Å². The van der Waals surface area contributed by atoms with Crippen LogP contribution in [0.1, 0.15) is 0 Å². The van der Waals surface area contributed by atoms with Crippen molar-refractivity contribution in [3.05, 3.63) is 48.5 Å². The van der Waals surface area contributed by atoms with Gasteiger partial charge in [-0.05, 0) is 0 Å². The van der Waals surface area contributed by atoms with E-state index in [4.69, 9.17) is 8.37 Å². The highest BCUT2D eigenvalue weighted by molar-refractivity contribution is 7.86. The van der Waals surface area contributed by atoms with Crippen molar-refractivity contribution in [1.29, 1.82) is 0 Å². The Morgan fingerprint density at radius 2 is 0.833 bits per heavy atom. The first-order chi connectivity index (χ1) is 11.2. The molecule has 0 saturated heterocycles. The molecule has 3 rings (SSSR count). The third kappa shape index (κ3) is 3.29. The van der Waals surface area contributed by atoms with Crippen LogP contribution in [0.5, 0.6) is 11.5 Å². The molecular weight excluding hydrogens is 352 g/mol. The predicted molar refractivity (Wildman–Crippen MR) is 92.4 cm³/mol. The maximum Gasteiger partial charge on any atom is 0.306 e. The molecule has 0 bridgehead atoms. The van der Waals surface area contributed by atoms with Crippen LogP contribution in [-0.4, -0.2) is 29.3 Å². The van der Waals surface area contributed by atoms with Crippen LogP contribution in [-0.2, 0) is 20.2 Å². The van der Waals surface area contributed by atoms with Crippen molar-refractivity contribution in [2.75, 3.05) is 12.5 Å². The highest BCUT2D eigenvalue weighted by Crippen LogP contribution is 2.43. The normalized spacial score (nSPS) is 12.4. The van der Waals surface area contributed by atoms with E-state index in [9.17, 15) is 16.8 Å². The molecule has 0 N–H and O–H groups in total. The minimum Gasteiger partial charge on any atom is -0.381 e. The molecule has 0 fully saturated rings. The summed E-state index contributed by atoms with van der Waals surface area (Å²) in [5.74, 6) is 0.286. The third-order valence-corrected chi connectivity index (χ3v) is 4.24. The Morgan fingerprint density at radius 3 is 1.04 bits per heavy atom. The number of benzene rings is 3. The summed E-state index contributed by atoms with van der Waals surface area (Å²) in [6, 6.07) is 13.4. The molecule has 0 aliphatic rings. The zero-order valence-electron chi connectivity index (χ0n) is 12.9. The van der Waals surface area contributed by atoms with Crippen LogP contribution in [0.25, 0.3) is 21.5 Å². The predicted octanol–water partition coefficient (Wildman–Crippen LogP) is 2.67. The molecule has 24 heavy (non-hydrogen) atoms. The summed E-state index contributed by atoms with van der Waals surface area (Å²) < 4.78 is 57.0. The standard InChI is InChI=1S/C16H14O6S2/c1-23(17,18)21-15-11-7-3-5-9-13(11)16(22-24(2,19)20)14-10-6-4-8-12(14)15/h3-10H,1-2H3. The highest BCUT2D eigenvalue weighted by Gasteiger charge is 2.20. The lowest BCUT2D eigenvalue weighted by atomic mass is 10.0. The van der Waals surface area contributed by atoms with E-state index in [0.717, 1.165) is 12.5 Å². The van der Waals surface area contributed by atoms with Crippen LogP contribution in [0.15, 0.2) is 48.5 Å². The molecule has 0 saturated carbocycles. The van der Waals surface area contributed by atoms with Gasteiger partial charge < -0.3 is 8.37 Å². The second-order valence-corrected chi connectivity index (χ2v) is 8.47. The summed E-state index contributed by atoms with van der Waals surface area (Å²) in [5.41, 5.74) is 0. The largest absolute Gasteiger partial charge is 0.381 e. The SMILES string of the molecule is CS(=O)(=O)Oc1c2ccccc2c(OS(C)(=O)=O)c2ccccc12. The van der Waals surface area contributed by atoms with Crippen LogP contribution in [0.2, 0.25) is 0 Å². The van der Waals surface area contributed by atoms with E-state index in [2.05, 4.69) is 0 Å². The molecule has 6 nitrogen and oxygen atoms in total. The fourth-order valence-corrected chi connectivity index (χ4v) is 3.50. The molecule has 0 radical (unpaired) electrons.